The highest BCUT2D eigenvalue weighted by Crippen LogP contribution is 2.60. The van der Waals surface area contributed by atoms with Crippen LogP contribution in [0.2, 0.25) is 0 Å². The molecule has 1 atom stereocenters. The van der Waals surface area contributed by atoms with Gasteiger partial charge in [-0.25, -0.2) is 0 Å². The third-order valence-electron chi connectivity index (χ3n) is 8.07. The molecule has 4 bridgehead atoms. The number of ether oxygens (including phenoxy) is 1. The van der Waals surface area contributed by atoms with E-state index in [0.717, 1.165) is 34.8 Å². The quantitative estimate of drug-likeness (QED) is 0.577. The molecule has 4 aliphatic rings. The summed E-state index contributed by atoms with van der Waals surface area (Å²) in [5.74, 6) is 3.53. The van der Waals surface area contributed by atoms with E-state index in [1.807, 2.05) is 26.0 Å². The van der Waals surface area contributed by atoms with Gasteiger partial charge in [0.2, 0.25) is 0 Å². The lowest BCUT2D eigenvalue weighted by Crippen LogP contribution is -2.48. The number of hydrogen-bond acceptors (Lipinski definition) is 2. The lowest BCUT2D eigenvalue weighted by atomic mass is 9.48. The minimum atomic E-state index is -0.496. The van der Waals surface area contributed by atoms with Gasteiger partial charge in [-0.3, -0.25) is 4.79 Å². The second kappa shape index (κ2) is 8.00. The first-order chi connectivity index (χ1) is 14.9. The molecule has 164 valence electrons. The first kappa shape index (κ1) is 20.6. The summed E-state index contributed by atoms with van der Waals surface area (Å²) in [6, 6.07) is 14.8. The summed E-state index contributed by atoms with van der Waals surface area (Å²) >= 11 is 0. The van der Waals surface area contributed by atoms with Gasteiger partial charge in [0, 0.05) is 5.69 Å². The van der Waals surface area contributed by atoms with Crippen LogP contribution in [-0.4, -0.2) is 12.0 Å². The van der Waals surface area contributed by atoms with Crippen molar-refractivity contribution in [3.05, 3.63) is 59.2 Å². The van der Waals surface area contributed by atoms with Crippen molar-refractivity contribution in [2.24, 2.45) is 17.8 Å². The SMILES string of the molecule is CCC(Oc1ccc(C)cc1C)C(=O)Nc1ccc(C23CC4CC(CC(C4)C2)C3)cc1. The number of amides is 1. The smallest absolute Gasteiger partial charge is 0.265 e. The Labute approximate surface area is 186 Å². The fraction of sp³-hybridized carbons (Fsp3) is 0.536. The minimum Gasteiger partial charge on any atom is -0.480 e. The van der Waals surface area contributed by atoms with Crippen LogP contribution in [0.15, 0.2) is 42.5 Å². The van der Waals surface area contributed by atoms with Crippen molar-refractivity contribution in [1.82, 2.24) is 0 Å². The zero-order valence-corrected chi connectivity index (χ0v) is 19.1. The second-order valence-corrected chi connectivity index (χ2v) is 10.5. The van der Waals surface area contributed by atoms with E-state index in [9.17, 15) is 4.79 Å². The number of carbonyl (C=O) groups is 1. The monoisotopic (exact) mass is 417 g/mol. The Kier molecular flexibility index (Phi) is 5.32. The predicted molar refractivity (Wildman–Crippen MR) is 126 cm³/mol. The molecule has 4 fully saturated rings. The van der Waals surface area contributed by atoms with E-state index in [1.54, 1.807) is 0 Å². The van der Waals surface area contributed by atoms with Gasteiger partial charge < -0.3 is 10.1 Å². The molecule has 0 spiro atoms. The highest BCUT2D eigenvalue weighted by Gasteiger charge is 2.51. The van der Waals surface area contributed by atoms with E-state index in [4.69, 9.17) is 4.74 Å². The van der Waals surface area contributed by atoms with Gasteiger partial charge in [-0.05, 0) is 111 Å². The van der Waals surface area contributed by atoms with Crippen LogP contribution in [0.1, 0.15) is 68.6 Å². The molecule has 1 N–H and O–H groups in total. The van der Waals surface area contributed by atoms with Crippen molar-refractivity contribution < 1.29 is 9.53 Å². The molecule has 2 aromatic rings. The fourth-order valence-electron chi connectivity index (χ4n) is 7.00. The molecular weight excluding hydrogens is 382 g/mol. The summed E-state index contributed by atoms with van der Waals surface area (Å²) < 4.78 is 6.06. The van der Waals surface area contributed by atoms with E-state index in [0.29, 0.717) is 11.8 Å². The number of rotatable bonds is 6. The van der Waals surface area contributed by atoms with Crippen LogP contribution in [0.25, 0.3) is 0 Å². The Hall–Kier alpha value is -2.29. The third-order valence-corrected chi connectivity index (χ3v) is 8.07. The molecule has 0 aliphatic heterocycles. The molecule has 0 heterocycles. The lowest BCUT2D eigenvalue weighted by Gasteiger charge is -2.57. The number of anilines is 1. The van der Waals surface area contributed by atoms with Crippen LogP contribution < -0.4 is 10.1 Å². The number of hydrogen-bond donors (Lipinski definition) is 1. The molecule has 1 unspecified atom stereocenters. The number of benzene rings is 2. The van der Waals surface area contributed by atoms with Crippen molar-refractivity contribution in [1.29, 1.82) is 0 Å². The second-order valence-electron chi connectivity index (χ2n) is 10.5. The summed E-state index contributed by atoms with van der Waals surface area (Å²) in [7, 11) is 0. The summed E-state index contributed by atoms with van der Waals surface area (Å²) in [4.78, 5) is 12.9. The first-order valence-corrected chi connectivity index (χ1v) is 12.1. The average molecular weight is 418 g/mol. The fourth-order valence-corrected chi connectivity index (χ4v) is 7.00. The highest BCUT2D eigenvalue weighted by atomic mass is 16.5. The number of aryl methyl sites for hydroxylation is 2. The molecule has 3 heteroatoms. The normalized spacial score (nSPS) is 29.6. The summed E-state index contributed by atoms with van der Waals surface area (Å²) in [6.07, 6.45) is 8.63. The van der Waals surface area contributed by atoms with Crippen molar-refractivity contribution in [3.8, 4) is 5.75 Å². The topological polar surface area (TPSA) is 38.3 Å². The predicted octanol–water partition coefficient (Wildman–Crippen LogP) is 6.57. The Bertz CT molecular complexity index is 926. The molecule has 4 saturated carbocycles. The molecule has 0 saturated heterocycles. The van der Waals surface area contributed by atoms with Gasteiger partial charge in [0.15, 0.2) is 6.10 Å². The van der Waals surface area contributed by atoms with Crippen molar-refractivity contribution >= 4 is 11.6 Å². The van der Waals surface area contributed by atoms with Gasteiger partial charge in [0.05, 0.1) is 0 Å². The van der Waals surface area contributed by atoms with Crippen LogP contribution >= 0.6 is 0 Å². The first-order valence-electron chi connectivity index (χ1n) is 12.1. The van der Waals surface area contributed by atoms with Crippen LogP contribution in [0.4, 0.5) is 5.69 Å². The van der Waals surface area contributed by atoms with E-state index >= 15 is 0 Å². The summed E-state index contributed by atoms with van der Waals surface area (Å²) in [6.45, 7) is 6.08. The molecule has 0 radical (unpaired) electrons. The number of carbonyl (C=O) groups excluding carboxylic acids is 1. The van der Waals surface area contributed by atoms with Gasteiger partial charge in [0.1, 0.15) is 5.75 Å². The lowest BCUT2D eigenvalue weighted by molar-refractivity contribution is -0.122. The Morgan fingerprint density at radius 2 is 1.61 bits per heavy atom. The maximum atomic E-state index is 12.9. The zero-order chi connectivity index (χ0) is 21.6. The van der Waals surface area contributed by atoms with Crippen LogP contribution in [-0.2, 0) is 10.2 Å². The average Bonchev–Trinajstić information content (AvgIpc) is 2.72. The summed E-state index contributed by atoms with van der Waals surface area (Å²) in [5, 5.41) is 3.08. The maximum Gasteiger partial charge on any atom is 0.265 e. The molecule has 2 aromatic carbocycles. The standard InChI is InChI=1S/C28H35NO2/c1-4-25(31-26-10-5-18(2)11-19(26)3)27(30)29-24-8-6-23(7-9-24)28-15-20-12-21(16-28)14-22(13-20)17-28/h5-11,20-22,25H,4,12-17H2,1-3H3,(H,29,30). The minimum absolute atomic E-state index is 0.0787. The van der Waals surface area contributed by atoms with Gasteiger partial charge in [-0.2, -0.15) is 0 Å². The van der Waals surface area contributed by atoms with E-state index in [1.165, 1.54) is 49.7 Å². The van der Waals surface area contributed by atoms with E-state index in [2.05, 4.69) is 42.6 Å². The molecular formula is C28H35NO2. The molecule has 3 nitrogen and oxygen atoms in total. The molecule has 31 heavy (non-hydrogen) atoms. The molecule has 1 amide bonds. The third kappa shape index (κ3) is 4.00. The van der Waals surface area contributed by atoms with Gasteiger partial charge in [-0.1, -0.05) is 36.8 Å². The summed E-state index contributed by atoms with van der Waals surface area (Å²) in [5.41, 5.74) is 5.01. The molecule has 4 aliphatic carbocycles. The Morgan fingerprint density at radius 3 is 2.16 bits per heavy atom. The van der Waals surface area contributed by atoms with Crippen molar-refractivity contribution in [2.75, 3.05) is 5.32 Å². The van der Waals surface area contributed by atoms with Crippen molar-refractivity contribution in [3.63, 3.8) is 0 Å². The molecule has 6 rings (SSSR count). The van der Waals surface area contributed by atoms with Gasteiger partial charge >= 0.3 is 0 Å². The van der Waals surface area contributed by atoms with Crippen molar-refractivity contribution in [2.45, 2.75) is 77.2 Å². The molecule has 0 aromatic heterocycles. The maximum absolute atomic E-state index is 12.9. The van der Waals surface area contributed by atoms with Gasteiger partial charge in [0.25, 0.3) is 5.91 Å². The van der Waals surface area contributed by atoms with Gasteiger partial charge in [-0.15, -0.1) is 0 Å². The Balaban J connectivity index is 1.26. The van der Waals surface area contributed by atoms with Crippen LogP contribution in [0.5, 0.6) is 5.75 Å². The Morgan fingerprint density at radius 1 is 1.00 bits per heavy atom. The zero-order valence-electron chi connectivity index (χ0n) is 19.1. The number of nitrogens with one attached hydrogen (secondary N) is 1. The van der Waals surface area contributed by atoms with Crippen LogP contribution in [0.3, 0.4) is 0 Å². The highest BCUT2D eigenvalue weighted by molar-refractivity contribution is 5.94. The largest absolute Gasteiger partial charge is 0.480 e. The van der Waals surface area contributed by atoms with Crippen LogP contribution in [0, 0.1) is 31.6 Å². The van der Waals surface area contributed by atoms with E-state index in [-0.39, 0.29) is 5.91 Å². The van der Waals surface area contributed by atoms with E-state index < -0.39 is 6.10 Å².